The molecule has 5 nitrogen and oxygen atoms in total. The summed E-state index contributed by atoms with van der Waals surface area (Å²) in [4.78, 5) is 28.5. The predicted molar refractivity (Wildman–Crippen MR) is 97.4 cm³/mol. The van der Waals surface area contributed by atoms with Crippen molar-refractivity contribution in [3.63, 3.8) is 0 Å². The van der Waals surface area contributed by atoms with Crippen LogP contribution in [-0.2, 0) is 4.79 Å². The number of nitrogens with zero attached hydrogens (tertiary/aromatic N) is 2. The highest BCUT2D eigenvalue weighted by atomic mass is 35.5. The van der Waals surface area contributed by atoms with Crippen LogP contribution >= 0.6 is 11.6 Å². The first-order chi connectivity index (χ1) is 12.0. The number of rotatable bonds is 3. The third-order valence-corrected chi connectivity index (χ3v) is 4.78. The molecular formula is C19H19ClN2O3. The molecule has 2 amide bonds. The molecule has 1 fully saturated rings. The van der Waals surface area contributed by atoms with Crippen molar-refractivity contribution < 1.29 is 14.3 Å². The van der Waals surface area contributed by atoms with E-state index < -0.39 is 0 Å². The van der Waals surface area contributed by atoms with Gasteiger partial charge >= 0.3 is 0 Å². The van der Waals surface area contributed by atoms with Gasteiger partial charge in [-0.1, -0.05) is 23.7 Å². The van der Waals surface area contributed by atoms with E-state index >= 15 is 0 Å². The molecule has 0 spiro atoms. The average Bonchev–Trinajstić information content (AvgIpc) is 2.63. The zero-order valence-electron chi connectivity index (χ0n) is 14.2. The minimum Gasteiger partial charge on any atom is -0.497 e. The normalized spacial score (nSPS) is 14.6. The standard InChI is InChI=1S/C19H19ClN2O3/c1-13-16(7-4-8-17(13)20)19(24)21-9-10-22(18(23)12-21)14-5-3-6-15(11-14)25-2/h3-8,11H,9-10,12H2,1-2H3. The summed E-state index contributed by atoms with van der Waals surface area (Å²) in [5, 5.41) is 0.548. The Labute approximate surface area is 151 Å². The fourth-order valence-corrected chi connectivity index (χ4v) is 3.08. The quantitative estimate of drug-likeness (QED) is 0.847. The van der Waals surface area contributed by atoms with Crippen LogP contribution in [0.5, 0.6) is 5.75 Å². The van der Waals surface area contributed by atoms with E-state index in [2.05, 4.69) is 0 Å². The molecule has 0 radical (unpaired) electrons. The zero-order valence-corrected chi connectivity index (χ0v) is 14.9. The second-order valence-corrected chi connectivity index (χ2v) is 6.29. The third kappa shape index (κ3) is 3.46. The van der Waals surface area contributed by atoms with Gasteiger partial charge in [-0.05, 0) is 36.8 Å². The van der Waals surface area contributed by atoms with Crippen LogP contribution in [0.3, 0.4) is 0 Å². The van der Waals surface area contributed by atoms with E-state index in [1.807, 2.05) is 31.2 Å². The van der Waals surface area contributed by atoms with E-state index in [1.165, 1.54) is 0 Å². The number of benzene rings is 2. The third-order valence-electron chi connectivity index (χ3n) is 4.37. The van der Waals surface area contributed by atoms with Gasteiger partial charge in [0, 0.05) is 35.4 Å². The number of hydrogen-bond acceptors (Lipinski definition) is 3. The smallest absolute Gasteiger partial charge is 0.254 e. The number of halogens is 1. The van der Waals surface area contributed by atoms with Gasteiger partial charge in [0.25, 0.3) is 5.91 Å². The van der Waals surface area contributed by atoms with Crippen molar-refractivity contribution in [1.29, 1.82) is 0 Å². The number of carbonyl (C=O) groups is 2. The molecule has 1 aliphatic heterocycles. The summed E-state index contributed by atoms with van der Waals surface area (Å²) in [6.07, 6.45) is 0. The Bertz CT molecular complexity index is 822. The number of amides is 2. The van der Waals surface area contributed by atoms with E-state index in [0.29, 0.717) is 29.4 Å². The molecule has 0 aliphatic carbocycles. The Morgan fingerprint density at radius 3 is 2.64 bits per heavy atom. The van der Waals surface area contributed by atoms with Crippen LogP contribution < -0.4 is 9.64 Å². The fraction of sp³-hybridized carbons (Fsp3) is 0.263. The van der Waals surface area contributed by atoms with Gasteiger partial charge in [0.15, 0.2) is 0 Å². The molecule has 1 heterocycles. The summed E-state index contributed by atoms with van der Waals surface area (Å²) >= 11 is 6.10. The van der Waals surface area contributed by atoms with Crippen LogP contribution in [0.15, 0.2) is 42.5 Å². The maximum atomic E-state index is 12.7. The van der Waals surface area contributed by atoms with Crippen molar-refractivity contribution in [3.05, 3.63) is 58.6 Å². The summed E-state index contributed by atoms with van der Waals surface area (Å²) < 4.78 is 5.21. The fourth-order valence-electron chi connectivity index (χ4n) is 2.91. The second kappa shape index (κ2) is 7.15. The number of methoxy groups -OCH3 is 1. The maximum Gasteiger partial charge on any atom is 0.254 e. The molecule has 0 bridgehead atoms. The number of piperazine rings is 1. The molecule has 0 aromatic heterocycles. The van der Waals surface area contributed by atoms with Gasteiger partial charge in [0.1, 0.15) is 12.3 Å². The largest absolute Gasteiger partial charge is 0.497 e. The predicted octanol–water partition coefficient (Wildman–Crippen LogP) is 3.15. The highest BCUT2D eigenvalue weighted by molar-refractivity contribution is 6.31. The van der Waals surface area contributed by atoms with Crippen molar-refractivity contribution in [3.8, 4) is 5.75 Å². The van der Waals surface area contributed by atoms with Gasteiger partial charge in [-0.25, -0.2) is 0 Å². The molecular weight excluding hydrogens is 340 g/mol. The minimum absolute atomic E-state index is 0.0436. The molecule has 6 heteroatoms. The Balaban J connectivity index is 1.76. The first kappa shape index (κ1) is 17.3. The van der Waals surface area contributed by atoms with Crippen molar-refractivity contribution in [2.24, 2.45) is 0 Å². The average molecular weight is 359 g/mol. The lowest BCUT2D eigenvalue weighted by atomic mass is 10.1. The SMILES string of the molecule is COc1cccc(N2CCN(C(=O)c3cccc(Cl)c3C)CC2=O)c1. The van der Waals surface area contributed by atoms with Crippen molar-refractivity contribution in [1.82, 2.24) is 4.90 Å². The van der Waals surface area contributed by atoms with E-state index in [9.17, 15) is 9.59 Å². The lowest BCUT2D eigenvalue weighted by Gasteiger charge is -2.34. The van der Waals surface area contributed by atoms with E-state index in [1.54, 1.807) is 35.1 Å². The van der Waals surface area contributed by atoms with Crippen LogP contribution in [-0.4, -0.2) is 43.5 Å². The highest BCUT2D eigenvalue weighted by Gasteiger charge is 2.29. The van der Waals surface area contributed by atoms with Crippen LogP contribution in [0.4, 0.5) is 5.69 Å². The monoisotopic (exact) mass is 358 g/mol. The van der Waals surface area contributed by atoms with Crippen LogP contribution in [0.2, 0.25) is 5.02 Å². The van der Waals surface area contributed by atoms with Gasteiger partial charge in [0.05, 0.1) is 7.11 Å². The summed E-state index contributed by atoms with van der Waals surface area (Å²) in [5.41, 5.74) is 2.04. The van der Waals surface area contributed by atoms with Gasteiger partial charge < -0.3 is 14.5 Å². The lowest BCUT2D eigenvalue weighted by Crippen LogP contribution is -2.52. The Kier molecular flexibility index (Phi) is 4.95. The molecule has 2 aromatic rings. The molecule has 0 unspecified atom stereocenters. The summed E-state index contributed by atoms with van der Waals surface area (Å²) in [7, 11) is 1.59. The van der Waals surface area contributed by atoms with E-state index in [-0.39, 0.29) is 18.4 Å². The number of hydrogen-bond donors (Lipinski definition) is 0. The van der Waals surface area contributed by atoms with Gasteiger partial charge in [0.2, 0.25) is 5.91 Å². The first-order valence-corrected chi connectivity index (χ1v) is 8.38. The summed E-state index contributed by atoms with van der Waals surface area (Å²) in [6.45, 7) is 2.76. The van der Waals surface area contributed by atoms with Crippen LogP contribution in [0.1, 0.15) is 15.9 Å². The van der Waals surface area contributed by atoms with Gasteiger partial charge in [-0.2, -0.15) is 0 Å². The molecule has 130 valence electrons. The van der Waals surface area contributed by atoms with Gasteiger partial charge in [-0.3, -0.25) is 9.59 Å². The first-order valence-electron chi connectivity index (χ1n) is 8.00. The minimum atomic E-state index is -0.168. The van der Waals surface area contributed by atoms with Crippen molar-refractivity contribution in [2.75, 3.05) is 31.6 Å². The molecule has 3 rings (SSSR count). The molecule has 2 aromatic carbocycles. The van der Waals surface area contributed by atoms with Gasteiger partial charge in [-0.15, -0.1) is 0 Å². The van der Waals surface area contributed by atoms with E-state index in [4.69, 9.17) is 16.3 Å². The number of carbonyl (C=O) groups excluding carboxylic acids is 2. The number of anilines is 1. The molecule has 1 saturated heterocycles. The van der Waals surface area contributed by atoms with Crippen molar-refractivity contribution in [2.45, 2.75) is 6.92 Å². The van der Waals surface area contributed by atoms with Crippen LogP contribution in [0.25, 0.3) is 0 Å². The Morgan fingerprint density at radius 1 is 1.16 bits per heavy atom. The van der Waals surface area contributed by atoms with Crippen LogP contribution in [0, 0.1) is 6.92 Å². The second-order valence-electron chi connectivity index (χ2n) is 5.89. The van der Waals surface area contributed by atoms with E-state index in [0.717, 1.165) is 11.3 Å². The van der Waals surface area contributed by atoms with Crippen molar-refractivity contribution >= 4 is 29.1 Å². The topological polar surface area (TPSA) is 49.9 Å². The molecule has 0 saturated carbocycles. The zero-order chi connectivity index (χ0) is 18.0. The lowest BCUT2D eigenvalue weighted by molar-refractivity contribution is -0.120. The number of ether oxygens (including phenoxy) is 1. The Hall–Kier alpha value is -2.53. The summed E-state index contributed by atoms with van der Waals surface area (Å²) in [6, 6.07) is 12.6. The maximum absolute atomic E-state index is 12.7. The summed E-state index contributed by atoms with van der Waals surface area (Å²) in [5.74, 6) is 0.407. The Morgan fingerprint density at radius 2 is 1.92 bits per heavy atom. The molecule has 1 aliphatic rings. The molecule has 0 N–H and O–H groups in total. The molecule has 25 heavy (non-hydrogen) atoms. The highest BCUT2D eigenvalue weighted by Crippen LogP contribution is 2.24. The molecule has 0 atom stereocenters.